The first-order valence-electron chi connectivity index (χ1n) is 12.9. The summed E-state index contributed by atoms with van der Waals surface area (Å²) < 4.78 is 46.8. The fourth-order valence-electron chi connectivity index (χ4n) is 3.81. The number of ether oxygens (including phenoxy) is 3. The first kappa shape index (κ1) is 36.3. The molecule has 0 saturated carbocycles. The number of hydrogen-bond donors (Lipinski definition) is 3. The van der Waals surface area contributed by atoms with Crippen LogP contribution in [0.3, 0.4) is 0 Å². The molecule has 0 saturated heterocycles. The zero-order valence-corrected chi connectivity index (χ0v) is 30.1. The number of rotatable bonds is 12. The SMILES string of the molecule is COc1ccccc1Oc1c(NS(=O)(=O)c2ccc(C(C)C)cn2)nc(-c2ccnc(-c3nn[nH]n3)c2)nc1OCCO.[H-].[H-].[Na+].[Na+]. The van der Waals surface area contributed by atoms with Crippen LogP contribution in [0.5, 0.6) is 23.1 Å². The number of nitrogens with one attached hydrogen (secondary N) is 2. The number of pyridine rings is 2. The van der Waals surface area contributed by atoms with Crippen LogP contribution in [-0.2, 0) is 10.0 Å². The molecule has 0 unspecified atom stereocenters. The van der Waals surface area contributed by atoms with E-state index in [1.54, 1.807) is 42.5 Å². The second-order valence-electron chi connectivity index (χ2n) is 9.21. The second kappa shape index (κ2) is 16.4. The van der Waals surface area contributed by atoms with Crippen LogP contribution >= 0.6 is 0 Å². The number of H-pyrrole nitrogens is 1. The van der Waals surface area contributed by atoms with Gasteiger partial charge in [-0.25, -0.2) is 9.97 Å². The molecule has 0 amide bonds. The molecule has 45 heavy (non-hydrogen) atoms. The third-order valence-corrected chi connectivity index (χ3v) is 7.22. The van der Waals surface area contributed by atoms with Crippen molar-refractivity contribution in [3.05, 3.63) is 66.5 Å². The summed E-state index contributed by atoms with van der Waals surface area (Å²) in [5, 5.41) is 23.1. The maximum atomic E-state index is 13.6. The van der Waals surface area contributed by atoms with E-state index in [2.05, 4.69) is 45.3 Å². The van der Waals surface area contributed by atoms with E-state index in [-0.39, 0.29) is 121 Å². The van der Waals surface area contributed by atoms with Gasteiger partial charge in [0.25, 0.3) is 15.9 Å². The molecule has 1 aromatic carbocycles. The summed E-state index contributed by atoms with van der Waals surface area (Å²) in [6.07, 6.45) is 2.99. The van der Waals surface area contributed by atoms with Gasteiger partial charge in [0.15, 0.2) is 28.2 Å². The van der Waals surface area contributed by atoms with Crippen molar-refractivity contribution in [3.8, 4) is 46.0 Å². The zero-order valence-electron chi connectivity index (χ0n) is 27.3. The number of nitrogens with zero attached hydrogens (tertiary/aromatic N) is 7. The van der Waals surface area contributed by atoms with E-state index in [1.807, 2.05) is 13.8 Å². The normalized spacial score (nSPS) is 10.9. The standard InChI is InChI=1S/C27H27N9O6S.2Na.2H/c1-16(2)18-8-9-22(29-15-18)43(38,39)34-26-23(42-21-7-5-4-6-20(21)40-3)27(41-13-12-37)31-24(30-26)17-10-11-28-19(14-17)25-32-35-36-33-25;;;;/h4-11,14-16,37H,12-13H2,1-3H3,(H,30,31,34)(H,32,33,35,36);;;;/q;2*+1;2*-1. The first-order valence-corrected chi connectivity index (χ1v) is 14.4. The molecule has 15 nitrogen and oxygen atoms in total. The van der Waals surface area contributed by atoms with E-state index in [9.17, 15) is 13.5 Å². The number of aliphatic hydroxyl groups is 1. The number of hydrogen-bond acceptors (Lipinski definition) is 13. The number of sulfonamides is 1. The van der Waals surface area contributed by atoms with Gasteiger partial charge in [0.05, 0.1) is 13.7 Å². The van der Waals surface area contributed by atoms with Crippen LogP contribution in [0, 0.1) is 0 Å². The molecule has 0 fully saturated rings. The third-order valence-electron chi connectivity index (χ3n) is 5.97. The number of benzene rings is 1. The molecule has 0 aliphatic rings. The van der Waals surface area contributed by atoms with Crippen molar-refractivity contribution in [2.75, 3.05) is 25.0 Å². The molecule has 18 heteroatoms. The van der Waals surface area contributed by atoms with Crippen molar-refractivity contribution in [1.29, 1.82) is 0 Å². The van der Waals surface area contributed by atoms with Gasteiger partial charge in [-0.05, 0) is 47.0 Å². The van der Waals surface area contributed by atoms with Crippen molar-refractivity contribution in [2.45, 2.75) is 24.8 Å². The molecule has 5 aromatic rings. The molecule has 5 rings (SSSR count). The van der Waals surface area contributed by atoms with Gasteiger partial charge >= 0.3 is 59.1 Å². The van der Waals surface area contributed by atoms with Crippen molar-refractivity contribution in [2.24, 2.45) is 0 Å². The largest absolute Gasteiger partial charge is 1.00 e. The molecule has 4 aromatic heterocycles. The Labute approximate surface area is 306 Å². The maximum absolute atomic E-state index is 13.6. The van der Waals surface area contributed by atoms with E-state index in [0.29, 0.717) is 17.0 Å². The molecule has 0 bridgehead atoms. The summed E-state index contributed by atoms with van der Waals surface area (Å²) >= 11 is 0. The third kappa shape index (κ3) is 8.74. The number of methoxy groups -OCH3 is 1. The van der Waals surface area contributed by atoms with Gasteiger partial charge in [0.1, 0.15) is 12.3 Å². The molecule has 0 spiro atoms. The Morgan fingerprint density at radius 3 is 2.44 bits per heavy atom. The van der Waals surface area contributed by atoms with Gasteiger partial charge in [-0.15, -0.1) is 10.2 Å². The van der Waals surface area contributed by atoms with E-state index in [4.69, 9.17) is 14.2 Å². The number of tetrazole rings is 1. The van der Waals surface area contributed by atoms with E-state index >= 15 is 0 Å². The molecule has 0 radical (unpaired) electrons. The fraction of sp³-hybridized carbons (Fsp3) is 0.222. The molecule has 226 valence electrons. The van der Waals surface area contributed by atoms with Crippen LogP contribution in [-0.4, -0.2) is 74.4 Å². The number of aromatic amines is 1. The second-order valence-corrected chi connectivity index (χ2v) is 10.8. The molecular formula is C27H29N9Na2O6S. The summed E-state index contributed by atoms with van der Waals surface area (Å²) in [5.74, 6) is 0.458. The Bertz CT molecular complexity index is 1820. The zero-order chi connectivity index (χ0) is 30.4. The van der Waals surface area contributed by atoms with Gasteiger partial charge in [-0.2, -0.15) is 18.6 Å². The molecule has 3 N–H and O–H groups in total. The summed E-state index contributed by atoms with van der Waals surface area (Å²) in [5.41, 5.74) is 1.66. The van der Waals surface area contributed by atoms with Crippen LogP contribution in [0.2, 0.25) is 0 Å². The minimum Gasteiger partial charge on any atom is -1.00 e. The Kier molecular flexibility index (Phi) is 13.2. The summed E-state index contributed by atoms with van der Waals surface area (Å²) in [6.45, 7) is 3.43. The van der Waals surface area contributed by atoms with Crippen LogP contribution in [0.4, 0.5) is 5.82 Å². The molecular weight excluding hydrogens is 624 g/mol. The fourth-order valence-corrected chi connectivity index (χ4v) is 4.74. The number of aromatic nitrogens is 8. The smallest absolute Gasteiger partial charge is 1.00 e. The van der Waals surface area contributed by atoms with Crippen LogP contribution in [0.1, 0.15) is 28.2 Å². The van der Waals surface area contributed by atoms with Crippen LogP contribution in [0.25, 0.3) is 22.9 Å². The monoisotopic (exact) mass is 653 g/mol. The average molecular weight is 654 g/mol. The van der Waals surface area contributed by atoms with E-state index in [0.717, 1.165) is 5.56 Å². The number of anilines is 1. The molecule has 0 atom stereocenters. The Hall–Kier alpha value is -3.22. The molecule has 4 heterocycles. The van der Waals surface area contributed by atoms with Gasteiger partial charge in [-0.1, -0.05) is 32.0 Å². The van der Waals surface area contributed by atoms with Crippen molar-refractivity contribution < 1.29 is 89.7 Å². The minimum atomic E-state index is -4.28. The Balaban J connectivity index is 0.00000276. The molecule has 0 aliphatic heterocycles. The summed E-state index contributed by atoms with van der Waals surface area (Å²) in [4.78, 5) is 17.4. The maximum Gasteiger partial charge on any atom is 1.00 e. The predicted molar refractivity (Wildman–Crippen MR) is 155 cm³/mol. The van der Waals surface area contributed by atoms with Crippen LogP contribution in [0.15, 0.2) is 66.0 Å². The predicted octanol–water partition coefficient (Wildman–Crippen LogP) is -2.56. The van der Waals surface area contributed by atoms with Crippen LogP contribution < -0.4 is 78.0 Å². The average Bonchev–Trinajstić information content (AvgIpc) is 3.57. The van der Waals surface area contributed by atoms with E-state index in [1.165, 1.54) is 25.6 Å². The topological polar surface area (TPSA) is 200 Å². The summed E-state index contributed by atoms with van der Waals surface area (Å²) in [6, 6.07) is 13.0. The molecule has 0 aliphatic carbocycles. The van der Waals surface area contributed by atoms with Gasteiger partial charge < -0.3 is 22.2 Å². The number of para-hydroxylation sites is 2. The number of aliphatic hydroxyl groups excluding tert-OH is 1. The first-order chi connectivity index (χ1) is 20.8. The summed E-state index contributed by atoms with van der Waals surface area (Å²) in [7, 11) is -2.81. The Morgan fingerprint density at radius 1 is 1.02 bits per heavy atom. The van der Waals surface area contributed by atoms with Crippen molar-refractivity contribution in [1.82, 2.24) is 40.6 Å². The van der Waals surface area contributed by atoms with E-state index < -0.39 is 10.0 Å². The van der Waals surface area contributed by atoms with Gasteiger partial charge in [-0.3, -0.25) is 9.71 Å². The van der Waals surface area contributed by atoms with Crippen molar-refractivity contribution >= 4 is 15.8 Å². The minimum absolute atomic E-state index is 0. The van der Waals surface area contributed by atoms with Crippen molar-refractivity contribution in [3.63, 3.8) is 0 Å². The van der Waals surface area contributed by atoms with Gasteiger partial charge in [0, 0.05) is 18.0 Å². The Morgan fingerprint density at radius 2 is 1.80 bits per heavy atom. The van der Waals surface area contributed by atoms with Gasteiger partial charge in [0.2, 0.25) is 11.6 Å². The quantitative estimate of drug-likeness (QED) is 0.119.